The Morgan fingerprint density at radius 1 is 1.29 bits per heavy atom. The molecule has 1 aromatic rings. The second-order valence-corrected chi connectivity index (χ2v) is 5.39. The van der Waals surface area contributed by atoms with E-state index in [-0.39, 0.29) is 0 Å². The molecule has 0 atom stereocenters. The lowest BCUT2D eigenvalue weighted by Gasteiger charge is -2.33. The molecule has 17 heavy (non-hydrogen) atoms. The highest BCUT2D eigenvalue weighted by atomic mass is 15.0. The van der Waals surface area contributed by atoms with Gasteiger partial charge in [-0.25, -0.2) is 0 Å². The largest absolute Gasteiger partial charge is 0.382 e. The first-order valence-corrected chi connectivity index (χ1v) is 6.05. The highest BCUT2D eigenvalue weighted by molar-refractivity contribution is 5.48. The van der Waals surface area contributed by atoms with E-state index < -0.39 is 5.41 Å². The molecule has 90 valence electrons. The van der Waals surface area contributed by atoms with E-state index in [9.17, 15) is 0 Å². The third-order valence-corrected chi connectivity index (χ3v) is 3.43. The fraction of sp³-hybridized carbons (Fsp3) is 0.500. The summed E-state index contributed by atoms with van der Waals surface area (Å²) in [6.07, 6.45) is 2.09. The summed E-state index contributed by atoms with van der Waals surface area (Å²) >= 11 is 0. The van der Waals surface area contributed by atoms with E-state index in [1.807, 2.05) is 38.1 Å². The van der Waals surface area contributed by atoms with Crippen LogP contribution in [-0.2, 0) is 5.41 Å². The average Bonchev–Trinajstić information content (AvgIpc) is 2.28. The number of hydrogen-bond acceptors (Lipinski definition) is 3. The number of nitriles is 1. The van der Waals surface area contributed by atoms with Crippen molar-refractivity contribution in [1.29, 1.82) is 5.26 Å². The molecule has 0 amide bonds. The van der Waals surface area contributed by atoms with Crippen LogP contribution in [0.5, 0.6) is 0 Å². The molecule has 0 bridgehead atoms. The quantitative estimate of drug-likeness (QED) is 0.836. The SMILES string of the molecule is CC(C)(C#N)c1ccc(NC2CC(N)C2)cc1. The molecule has 3 nitrogen and oxygen atoms in total. The highest BCUT2D eigenvalue weighted by Gasteiger charge is 2.25. The number of nitrogens with one attached hydrogen (secondary N) is 1. The lowest BCUT2D eigenvalue weighted by molar-refractivity contribution is 0.373. The Hall–Kier alpha value is -1.53. The Bertz CT molecular complexity index is 422. The van der Waals surface area contributed by atoms with Crippen molar-refractivity contribution >= 4 is 5.69 Å². The normalized spacial score (nSPS) is 23.6. The van der Waals surface area contributed by atoms with Gasteiger partial charge in [0.1, 0.15) is 0 Å². The molecule has 0 unspecified atom stereocenters. The van der Waals surface area contributed by atoms with Gasteiger partial charge >= 0.3 is 0 Å². The lowest BCUT2D eigenvalue weighted by Crippen LogP contribution is -2.44. The van der Waals surface area contributed by atoms with Crippen LogP contribution < -0.4 is 11.1 Å². The molecule has 2 rings (SSSR count). The van der Waals surface area contributed by atoms with Crippen LogP contribution in [0.4, 0.5) is 5.69 Å². The van der Waals surface area contributed by atoms with Gasteiger partial charge in [-0.1, -0.05) is 12.1 Å². The first-order chi connectivity index (χ1) is 8.01. The Balaban J connectivity index is 2.01. The maximum Gasteiger partial charge on any atom is 0.0766 e. The van der Waals surface area contributed by atoms with Crippen molar-refractivity contribution < 1.29 is 0 Å². The van der Waals surface area contributed by atoms with E-state index in [0.29, 0.717) is 12.1 Å². The second-order valence-electron chi connectivity index (χ2n) is 5.39. The summed E-state index contributed by atoms with van der Waals surface area (Å²) in [5.41, 5.74) is 7.49. The van der Waals surface area contributed by atoms with Gasteiger partial charge in [0.05, 0.1) is 11.5 Å². The van der Waals surface area contributed by atoms with Crippen LogP contribution in [0.2, 0.25) is 0 Å². The predicted octanol–water partition coefficient (Wildman–Crippen LogP) is 2.39. The van der Waals surface area contributed by atoms with E-state index in [1.54, 1.807) is 0 Å². The summed E-state index contributed by atoms with van der Waals surface area (Å²) < 4.78 is 0. The van der Waals surface area contributed by atoms with Crippen molar-refractivity contribution in [3.05, 3.63) is 29.8 Å². The molecule has 0 radical (unpaired) electrons. The Kier molecular flexibility index (Phi) is 3.08. The zero-order chi connectivity index (χ0) is 12.5. The minimum atomic E-state index is -0.419. The van der Waals surface area contributed by atoms with Crippen LogP contribution in [0.3, 0.4) is 0 Å². The summed E-state index contributed by atoms with van der Waals surface area (Å²) in [4.78, 5) is 0. The van der Waals surface area contributed by atoms with Crippen LogP contribution in [0.25, 0.3) is 0 Å². The zero-order valence-electron chi connectivity index (χ0n) is 10.4. The standard InChI is InChI=1S/C14H19N3/c1-14(2,9-15)10-3-5-12(6-4-10)17-13-7-11(16)8-13/h3-6,11,13,17H,7-8,16H2,1-2H3. The van der Waals surface area contributed by atoms with E-state index >= 15 is 0 Å². The summed E-state index contributed by atoms with van der Waals surface area (Å²) in [5, 5.41) is 12.5. The van der Waals surface area contributed by atoms with E-state index in [2.05, 4.69) is 11.4 Å². The molecule has 0 aromatic heterocycles. The molecule has 1 aromatic carbocycles. The van der Waals surface area contributed by atoms with Crippen LogP contribution >= 0.6 is 0 Å². The molecule has 3 N–H and O–H groups in total. The molecular formula is C14H19N3. The third-order valence-electron chi connectivity index (χ3n) is 3.43. The van der Waals surface area contributed by atoms with Gasteiger partial charge < -0.3 is 11.1 Å². The summed E-state index contributed by atoms with van der Waals surface area (Å²) in [6.45, 7) is 3.86. The molecule has 1 aliphatic rings. The van der Waals surface area contributed by atoms with Crippen LogP contribution in [-0.4, -0.2) is 12.1 Å². The van der Waals surface area contributed by atoms with Gasteiger partial charge in [0.2, 0.25) is 0 Å². The van der Waals surface area contributed by atoms with Gasteiger partial charge in [0.25, 0.3) is 0 Å². The van der Waals surface area contributed by atoms with Gasteiger partial charge in [-0.3, -0.25) is 0 Å². The van der Waals surface area contributed by atoms with Crippen molar-refractivity contribution in [2.24, 2.45) is 5.73 Å². The first kappa shape index (κ1) is 11.9. The maximum absolute atomic E-state index is 9.06. The Morgan fingerprint density at radius 2 is 1.88 bits per heavy atom. The molecule has 0 heterocycles. The van der Waals surface area contributed by atoms with Crippen molar-refractivity contribution in [2.75, 3.05) is 5.32 Å². The smallest absolute Gasteiger partial charge is 0.0766 e. The lowest BCUT2D eigenvalue weighted by atomic mass is 9.85. The summed E-state index contributed by atoms with van der Waals surface area (Å²) in [5.74, 6) is 0. The van der Waals surface area contributed by atoms with Gasteiger partial charge in [0.15, 0.2) is 0 Å². The number of benzene rings is 1. The molecule has 1 aliphatic carbocycles. The first-order valence-electron chi connectivity index (χ1n) is 6.05. The topological polar surface area (TPSA) is 61.8 Å². The van der Waals surface area contributed by atoms with Gasteiger partial charge in [-0.2, -0.15) is 5.26 Å². The minimum Gasteiger partial charge on any atom is -0.382 e. The van der Waals surface area contributed by atoms with E-state index in [4.69, 9.17) is 11.0 Å². The molecule has 1 saturated carbocycles. The maximum atomic E-state index is 9.06. The molecule has 0 aliphatic heterocycles. The Morgan fingerprint density at radius 3 is 2.35 bits per heavy atom. The molecular weight excluding hydrogens is 210 g/mol. The number of rotatable bonds is 3. The van der Waals surface area contributed by atoms with Crippen molar-refractivity contribution in [3.63, 3.8) is 0 Å². The molecule has 0 saturated heterocycles. The highest BCUT2D eigenvalue weighted by Crippen LogP contribution is 2.26. The monoisotopic (exact) mass is 229 g/mol. The second kappa shape index (κ2) is 4.38. The molecule has 0 spiro atoms. The van der Waals surface area contributed by atoms with Crippen LogP contribution in [0, 0.1) is 11.3 Å². The Labute approximate surface area is 103 Å². The van der Waals surface area contributed by atoms with Crippen LogP contribution in [0.1, 0.15) is 32.3 Å². The number of hydrogen-bond donors (Lipinski definition) is 2. The van der Waals surface area contributed by atoms with Gasteiger partial charge in [0, 0.05) is 17.8 Å². The fourth-order valence-electron chi connectivity index (χ4n) is 2.06. The number of nitrogens with two attached hydrogens (primary N) is 1. The van der Waals surface area contributed by atoms with Crippen molar-refractivity contribution in [3.8, 4) is 6.07 Å². The predicted molar refractivity (Wildman–Crippen MR) is 69.7 cm³/mol. The van der Waals surface area contributed by atoms with Gasteiger partial charge in [-0.05, 0) is 44.4 Å². The average molecular weight is 229 g/mol. The summed E-state index contributed by atoms with van der Waals surface area (Å²) in [7, 11) is 0. The van der Waals surface area contributed by atoms with E-state index in [1.165, 1.54) is 0 Å². The minimum absolute atomic E-state index is 0.365. The molecule has 3 heteroatoms. The third kappa shape index (κ3) is 2.59. The zero-order valence-corrected chi connectivity index (χ0v) is 10.4. The number of anilines is 1. The van der Waals surface area contributed by atoms with Gasteiger partial charge in [-0.15, -0.1) is 0 Å². The summed E-state index contributed by atoms with van der Waals surface area (Å²) in [6, 6.07) is 11.3. The van der Waals surface area contributed by atoms with Crippen molar-refractivity contribution in [2.45, 2.75) is 44.2 Å². The van der Waals surface area contributed by atoms with Crippen LogP contribution in [0.15, 0.2) is 24.3 Å². The van der Waals surface area contributed by atoms with E-state index in [0.717, 1.165) is 24.1 Å². The molecule has 1 fully saturated rings. The van der Waals surface area contributed by atoms with Crippen molar-refractivity contribution in [1.82, 2.24) is 0 Å². The fourth-order valence-corrected chi connectivity index (χ4v) is 2.06. The number of nitrogens with zero attached hydrogens (tertiary/aromatic N) is 1.